The van der Waals surface area contributed by atoms with Crippen LogP contribution in [0.25, 0.3) is 0 Å². The van der Waals surface area contributed by atoms with Crippen LogP contribution < -0.4 is 15.8 Å². The van der Waals surface area contributed by atoms with Crippen LogP contribution in [0.4, 0.5) is 14.5 Å². The number of benzene rings is 2. The van der Waals surface area contributed by atoms with E-state index in [1.54, 1.807) is 12.1 Å². The summed E-state index contributed by atoms with van der Waals surface area (Å²) < 4.78 is 30.1. The van der Waals surface area contributed by atoms with E-state index >= 15 is 0 Å². The number of ether oxygens (including phenoxy) is 1. The summed E-state index contributed by atoms with van der Waals surface area (Å²) in [7, 11) is 0. The van der Waals surface area contributed by atoms with E-state index in [-0.39, 0.29) is 18.3 Å². The fourth-order valence-electron chi connectivity index (χ4n) is 1.88. The standard InChI is InChI=1S/C16H16BrF2N3O/c1-10-2-5-13(6-3-10)22-16(20)21-9-11-8-12(17)4-7-14(11)23-15(18)19/h2-8,15H,9H2,1H3,(H3,20,21,22). The summed E-state index contributed by atoms with van der Waals surface area (Å²) in [5, 5.41) is 2.94. The van der Waals surface area contributed by atoms with Crippen LogP contribution in [0.1, 0.15) is 11.1 Å². The lowest BCUT2D eigenvalue weighted by molar-refractivity contribution is -0.0504. The number of halogens is 3. The van der Waals surface area contributed by atoms with Crippen molar-refractivity contribution in [2.24, 2.45) is 10.7 Å². The Kier molecular flexibility index (Phi) is 5.92. The van der Waals surface area contributed by atoms with Gasteiger partial charge in [-0.2, -0.15) is 8.78 Å². The van der Waals surface area contributed by atoms with Crippen LogP contribution in [-0.2, 0) is 6.54 Å². The number of alkyl halides is 2. The van der Waals surface area contributed by atoms with E-state index in [0.717, 1.165) is 15.7 Å². The van der Waals surface area contributed by atoms with Gasteiger partial charge >= 0.3 is 6.61 Å². The van der Waals surface area contributed by atoms with Gasteiger partial charge < -0.3 is 15.8 Å². The van der Waals surface area contributed by atoms with E-state index in [2.05, 4.69) is 31.0 Å². The predicted molar refractivity (Wildman–Crippen MR) is 90.9 cm³/mol. The average Bonchev–Trinajstić information content (AvgIpc) is 2.49. The molecule has 0 aliphatic rings. The molecule has 2 aromatic rings. The number of guanidine groups is 1. The summed E-state index contributed by atoms with van der Waals surface area (Å²) in [5.74, 6) is 0.270. The van der Waals surface area contributed by atoms with Gasteiger partial charge in [-0.1, -0.05) is 33.6 Å². The fraction of sp³-hybridized carbons (Fsp3) is 0.188. The molecule has 0 saturated carbocycles. The number of rotatable bonds is 5. The van der Waals surface area contributed by atoms with Crippen molar-refractivity contribution in [3.8, 4) is 5.75 Å². The molecule has 0 aromatic heterocycles. The molecule has 2 rings (SSSR count). The smallest absolute Gasteiger partial charge is 0.387 e. The van der Waals surface area contributed by atoms with E-state index in [1.165, 1.54) is 6.07 Å². The van der Waals surface area contributed by atoms with Crippen LogP contribution in [0.5, 0.6) is 5.75 Å². The first-order valence-corrected chi connectivity index (χ1v) is 7.60. The number of anilines is 1. The lowest BCUT2D eigenvalue weighted by Gasteiger charge is -2.10. The Balaban J connectivity index is 2.08. The Labute approximate surface area is 141 Å². The number of hydrogen-bond acceptors (Lipinski definition) is 2. The first kappa shape index (κ1) is 17.2. The van der Waals surface area contributed by atoms with Crippen LogP contribution in [0, 0.1) is 6.92 Å². The van der Waals surface area contributed by atoms with Crippen molar-refractivity contribution in [3.63, 3.8) is 0 Å². The summed E-state index contributed by atoms with van der Waals surface area (Å²) in [6.45, 7) is -0.785. The van der Waals surface area contributed by atoms with Gasteiger partial charge in [-0.15, -0.1) is 0 Å². The summed E-state index contributed by atoms with van der Waals surface area (Å²) in [4.78, 5) is 4.16. The minimum absolute atomic E-state index is 0.0788. The van der Waals surface area contributed by atoms with Crippen molar-refractivity contribution < 1.29 is 13.5 Å². The SMILES string of the molecule is Cc1ccc(NC(N)=NCc2cc(Br)ccc2OC(F)F)cc1. The highest BCUT2D eigenvalue weighted by Crippen LogP contribution is 2.25. The lowest BCUT2D eigenvalue weighted by Crippen LogP contribution is -2.22. The number of nitrogens with zero attached hydrogens (tertiary/aromatic N) is 1. The zero-order chi connectivity index (χ0) is 16.8. The maximum atomic E-state index is 12.4. The molecule has 2 aromatic carbocycles. The predicted octanol–water partition coefficient (Wildman–Crippen LogP) is 4.29. The molecule has 3 N–H and O–H groups in total. The van der Waals surface area contributed by atoms with Crippen molar-refractivity contribution in [3.05, 3.63) is 58.1 Å². The highest BCUT2D eigenvalue weighted by molar-refractivity contribution is 9.10. The van der Waals surface area contributed by atoms with Gasteiger partial charge in [0, 0.05) is 15.7 Å². The van der Waals surface area contributed by atoms with Crippen molar-refractivity contribution in [2.75, 3.05) is 5.32 Å². The summed E-state index contributed by atoms with van der Waals surface area (Å²) >= 11 is 3.29. The molecule has 0 saturated heterocycles. The Morgan fingerprint density at radius 3 is 2.61 bits per heavy atom. The zero-order valence-electron chi connectivity index (χ0n) is 12.4. The molecule has 0 aliphatic carbocycles. The normalized spacial score (nSPS) is 11.6. The molecule has 0 amide bonds. The topological polar surface area (TPSA) is 59.6 Å². The third-order valence-corrected chi connectivity index (χ3v) is 3.48. The van der Waals surface area contributed by atoms with E-state index in [0.29, 0.717) is 5.56 Å². The van der Waals surface area contributed by atoms with E-state index < -0.39 is 6.61 Å². The van der Waals surface area contributed by atoms with E-state index in [1.807, 2.05) is 31.2 Å². The number of hydrogen-bond donors (Lipinski definition) is 2. The molecule has 0 spiro atoms. The Bertz CT molecular complexity index is 690. The molecule has 0 atom stereocenters. The number of aliphatic imine (C=N–C) groups is 1. The van der Waals surface area contributed by atoms with Gasteiger partial charge in [-0.25, -0.2) is 4.99 Å². The molecular formula is C16H16BrF2N3O. The van der Waals surface area contributed by atoms with E-state index in [4.69, 9.17) is 5.73 Å². The molecular weight excluding hydrogens is 368 g/mol. The van der Waals surface area contributed by atoms with Crippen LogP contribution >= 0.6 is 15.9 Å². The van der Waals surface area contributed by atoms with Crippen LogP contribution in [0.2, 0.25) is 0 Å². The Hall–Kier alpha value is -2.15. The van der Waals surface area contributed by atoms with Gasteiger partial charge in [0.1, 0.15) is 5.75 Å². The van der Waals surface area contributed by atoms with Gasteiger partial charge in [-0.3, -0.25) is 0 Å². The zero-order valence-corrected chi connectivity index (χ0v) is 14.0. The third kappa shape index (κ3) is 5.52. The molecule has 122 valence electrons. The second-order valence-corrected chi connectivity index (χ2v) is 5.74. The average molecular weight is 384 g/mol. The summed E-state index contributed by atoms with van der Waals surface area (Å²) in [6, 6.07) is 12.4. The number of nitrogens with one attached hydrogen (secondary N) is 1. The van der Waals surface area contributed by atoms with Crippen LogP contribution in [0.3, 0.4) is 0 Å². The molecule has 23 heavy (non-hydrogen) atoms. The maximum absolute atomic E-state index is 12.4. The van der Waals surface area contributed by atoms with Crippen LogP contribution in [-0.4, -0.2) is 12.6 Å². The molecule has 4 nitrogen and oxygen atoms in total. The first-order valence-electron chi connectivity index (χ1n) is 6.81. The van der Waals surface area contributed by atoms with Gasteiger partial charge in [-0.05, 0) is 37.3 Å². The molecule has 0 unspecified atom stereocenters. The number of aryl methyl sites for hydroxylation is 1. The largest absolute Gasteiger partial charge is 0.434 e. The Morgan fingerprint density at radius 2 is 1.96 bits per heavy atom. The number of nitrogens with two attached hydrogens (primary N) is 1. The van der Waals surface area contributed by atoms with Crippen LogP contribution in [0.15, 0.2) is 51.9 Å². The van der Waals surface area contributed by atoms with Crippen molar-refractivity contribution in [1.82, 2.24) is 0 Å². The molecule has 0 heterocycles. The fourth-order valence-corrected chi connectivity index (χ4v) is 2.29. The summed E-state index contributed by atoms with van der Waals surface area (Å²) in [6.07, 6.45) is 0. The lowest BCUT2D eigenvalue weighted by atomic mass is 10.2. The maximum Gasteiger partial charge on any atom is 0.387 e. The molecule has 0 radical (unpaired) electrons. The summed E-state index contributed by atoms with van der Waals surface area (Å²) in [5.41, 5.74) is 8.26. The van der Waals surface area contributed by atoms with Crippen molar-refractivity contribution in [1.29, 1.82) is 0 Å². The molecule has 0 fully saturated rings. The first-order chi connectivity index (χ1) is 10.9. The van der Waals surface area contributed by atoms with Crippen molar-refractivity contribution in [2.45, 2.75) is 20.1 Å². The molecule has 7 heteroatoms. The molecule has 0 aliphatic heterocycles. The minimum atomic E-state index is -2.89. The molecule has 0 bridgehead atoms. The van der Waals surface area contributed by atoms with Crippen molar-refractivity contribution >= 4 is 27.6 Å². The highest BCUT2D eigenvalue weighted by Gasteiger charge is 2.10. The third-order valence-electron chi connectivity index (χ3n) is 2.98. The van der Waals surface area contributed by atoms with Gasteiger partial charge in [0.25, 0.3) is 0 Å². The second-order valence-electron chi connectivity index (χ2n) is 4.82. The highest BCUT2D eigenvalue weighted by atomic mass is 79.9. The Morgan fingerprint density at radius 1 is 1.26 bits per heavy atom. The minimum Gasteiger partial charge on any atom is -0.434 e. The quantitative estimate of drug-likeness (QED) is 0.598. The van der Waals surface area contributed by atoms with Gasteiger partial charge in [0.2, 0.25) is 0 Å². The second kappa shape index (κ2) is 7.92. The van der Waals surface area contributed by atoms with Gasteiger partial charge in [0.15, 0.2) is 5.96 Å². The van der Waals surface area contributed by atoms with Gasteiger partial charge in [0.05, 0.1) is 6.54 Å². The monoisotopic (exact) mass is 383 g/mol. The van der Waals surface area contributed by atoms with E-state index in [9.17, 15) is 8.78 Å².